The van der Waals surface area contributed by atoms with Gasteiger partial charge < -0.3 is 15.4 Å². The third kappa shape index (κ3) is 3.46. The molecular weight excluding hydrogens is 204 g/mol. The maximum absolute atomic E-state index is 11.9. The van der Waals surface area contributed by atoms with Crippen molar-refractivity contribution in [1.82, 2.24) is 10.6 Å². The van der Waals surface area contributed by atoms with E-state index in [4.69, 9.17) is 4.74 Å². The zero-order chi connectivity index (χ0) is 11.9. The molecule has 2 N–H and O–H groups in total. The fourth-order valence-corrected chi connectivity index (χ4v) is 2.10. The molecule has 0 aromatic heterocycles. The van der Waals surface area contributed by atoms with Gasteiger partial charge in [-0.05, 0) is 19.3 Å². The first-order valence-corrected chi connectivity index (χ1v) is 6.23. The zero-order valence-electron chi connectivity index (χ0n) is 10.5. The molecule has 0 unspecified atom stereocenters. The van der Waals surface area contributed by atoms with Crippen molar-refractivity contribution >= 4 is 5.91 Å². The molecule has 1 saturated carbocycles. The fraction of sp³-hybridized carbons (Fsp3) is 0.917. The van der Waals surface area contributed by atoms with E-state index in [0.29, 0.717) is 13.2 Å². The van der Waals surface area contributed by atoms with Crippen molar-refractivity contribution in [3.05, 3.63) is 0 Å². The van der Waals surface area contributed by atoms with Gasteiger partial charge in [-0.15, -0.1) is 0 Å². The van der Waals surface area contributed by atoms with Crippen molar-refractivity contribution in [3.63, 3.8) is 0 Å². The Kier molecular flexibility index (Phi) is 5.77. The molecule has 0 saturated heterocycles. The van der Waals surface area contributed by atoms with Crippen molar-refractivity contribution in [3.8, 4) is 0 Å². The van der Waals surface area contributed by atoms with Crippen molar-refractivity contribution in [2.75, 3.05) is 33.4 Å². The Morgan fingerprint density at radius 3 is 2.56 bits per heavy atom. The molecule has 0 aromatic carbocycles. The van der Waals surface area contributed by atoms with Crippen LogP contribution in [0.25, 0.3) is 0 Å². The first-order chi connectivity index (χ1) is 7.75. The highest BCUT2D eigenvalue weighted by Gasteiger charge is 2.41. The van der Waals surface area contributed by atoms with Crippen molar-refractivity contribution < 1.29 is 9.53 Å². The quantitative estimate of drug-likeness (QED) is 0.607. The monoisotopic (exact) mass is 228 g/mol. The second-order valence-electron chi connectivity index (χ2n) is 4.49. The number of hydrogen-bond acceptors (Lipinski definition) is 3. The fourth-order valence-electron chi connectivity index (χ4n) is 2.10. The summed E-state index contributed by atoms with van der Waals surface area (Å²) in [5.74, 6) is 0.245. The van der Waals surface area contributed by atoms with Crippen molar-refractivity contribution in [2.24, 2.45) is 5.41 Å². The van der Waals surface area contributed by atoms with E-state index in [1.807, 2.05) is 0 Å². The van der Waals surface area contributed by atoms with E-state index in [1.165, 1.54) is 6.42 Å². The molecule has 0 aliphatic heterocycles. The normalized spacial score (nSPS) is 17.9. The highest BCUT2D eigenvalue weighted by molar-refractivity contribution is 5.83. The Morgan fingerprint density at radius 1 is 1.31 bits per heavy atom. The van der Waals surface area contributed by atoms with Crippen LogP contribution in [-0.2, 0) is 9.53 Å². The minimum Gasteiger partial charge on any atom is -0.383 e. The maximum Gasteiger partial charge on any atom is 0.226 e. The van der Waals surface area contributed by atoms with Crippen LogP contribution >= 0.6 is 0 Å². The van der Waals surface area contributed by atoms with Gasteiger partial charge in [0.15, 0.2) is 0 Å². The largest absolute Gasteiger partial charge is 0.383 e. The van der Waals surface area contributed by atoms with Gasteiger partial charge in [-0.25, -0.2) is 0 Å². The Hall–Kier alpha value is -0.610. The van der Waals surface area contributed by atoms with Gasteiger partial charge in [0.05, 0.1) is 6.61 Å². The molecule has 1 rings (SSSR count). The second kappa shape index (κ2) is 6.86. The van der Waals surface area contributed by atoms with Gasteiger partial charge in [0, 0.05) is 32.2 Å². The molecule has 1 aliphatic rings. The van der Waals surface area contributed by atoms with E-state index in [2.05, 4.69) is 17.6 Å². The van der Waals surface area contributed by atoms with Gasteiger partial charge in [0.2, 0.25) is 5.91 Å². The number of amides is 1. The Morgan fingerprint density at radius 2 is 2.06 bits per heavy atom. The van der Waals surface area contributed by atoms with Gasteiger partial charge in [0.1, 0.15) is 0 Å². The van der Waals surface area contributed by atoms with Gasteiger partial charge in [-0.2, -0.15) is 0 Å². The molecule has 0 bridgehead atoms. The number of rotatable bonds is 8. The van der Waals surface area contributed by atoms with Crippen molar-refractivity contribution in [1.29, 1.82) is 0 Å². The molecule has 4 nitrogen and oxygen atoms in total. The standard InChI is InChI=1S/C12H24N2O2/c1-3-12(5-4-6-12)11(15)14-8-7-13-9-10-16-2/h13H,3-10H2,1-2H3,(H,14,15). The van der Waals surface area contributed by atoms with Crippen LogP contribution in [0, 0.1) is 5.41 Å². The summed E-state index contributed by atoms with van der Waals surface area (Å²) in [6, 6.07) is 0. The van der Waals surface area contributed by atoms with E-state index in [0.717, 1.165) is 32.4 Å². The number of nitrogens with one attached hydrogen (secondary N) is 2. The Bertz CT molecular complexity index is 210. The van der Waals surface area contributed by atoms with Crippen LogP contribution in [0.5, 0.6) is 0 Å². The van der Waals surface area contributed by atoms with Crippen LogP contribution in [0.1, 0.15) is 32.6 Å². The predicted octanol–water partition coefficient (Wildman–Crippen LogP) is 0.919. The SMILES string of the molecule is CCC1(C(=O)NCCNCCOC)CCC1. The number of ether oxygens (including phenoxy) is 1. The number of carbonyl (C=O) groups is 1. The van der Waals surface area contributed by atoms with Crippen LogP contribution in [-0.4, -0.2) is 39.3 Å². The van der Waals surface area contributed by atoms with Crippen LogP contribution in [0.4, 0.5) is 0 Å². The summed E-state index contributed by atoms with van der Waals surface area (Å²) < 4.78 is 4.92. The summed E-state index contributed by atoms with van der Waals surface area (Å²) in [6.07, 6.45) is 4.29. The molecule has 1 fully saturated rings. The predicted molar refractivity (Wildman–Crippen MR) is 64.3 cm³/mol. The lowest BCUT2D eigenvalue weighted by Gasteiger charge is -2.39. The number of methoxy groups -OCH3 is 1. The molecule has 1 aliphatic carbocycles. The van der Waals surface area contributed by atoms with Crippen molar-refractivity contribution in [2.45, 2.75) is 32.6 Å². The zero-order valence-corrected chi connectivity index (χ0v) is 10.5. The molecular formula is C12H24N2O2. The summed E-state index contributed by atoms with van der Waals surface area (Å²) in [5.41, 5.74) is -0.0352. The average Bonchev–Trinajstić information content (AvgIpc) is 2.22. The summed E-state index contributed by atoms with van der Waals surface area (Å²) in [4.78, 5) is 11.9. The minimum atomic E-state index is -0.0352. The third-order valence-electron chi connectivity index (χ3n) is 3.54. The lowest BCUT2D eigenvalue weighted by molar-refractivity contribution is -0.136. The van der Waals surface area contributed by atoms with Crippen LogP contribution in [0.3, 0.4) is 0 Å². The lowest BCUT2D eigenvalue weighted by Crippen LogP contribution is -2.46. The number of hydrogen-bond donors (Lipinski definition) is 2. The lowest BCUT2D eigenvalue weighted by atomic mass is 9.66. The summed E-state index contributed by atoms with van der Waals surface area (Å²) in [5, 5.41) is 6.22. The summed E-state index contributed by atoms with van der Waals surface area (Å²) in [6.45, 7) is 5.19. The summed E-state index contributed by atoms with van der Waals surface area (Å²) >= 11 is 0. The highest BCUT2D eigenvalue weighted by Crippen LogP contribution is 2.43. The number of carbonyl (C=O) groups excluding carboxylic acids is 1. The van der Waals surface area contributed by atoms with Gasteiger partial charge in [-0.3, -0.25) is 4.79 Å². The van der Waals surface area contributed by atoms with E-state index < -0.39 is 0 Å². The van der Waals surface area contributed by atoms with Gasteiger partial charge >= 0.3 is 0 Å². The van der Waals surface area contributed by atoms with E-state index in [-0.39, 0.29) is 11.3 Å². The molecule has 16 heavy (non-hydrogen) atoms. The van der Waals surface area contributed by atoms with Crippen LogP contribution < -0.4 is 10.6 Å². The average molecular weight is 228 g/mol. The third-order valence-corrected chi connectivity index (χ3v) is 3.54. The maximum atomic E-state index is 11.9. The topological polar surface area (TPSA) is 50.4 Å². The summed E-state index contributed by atoms with van der Waals surface area (Å²) in [7, 11) is 1.69. The van der Waals surface area contributed by atoms with Crippen LogP contribution in [0.2, 0.25) is 0 Å². The molecule has 0 aromatic rings. The van der Waals surface area contributed by atoms with E-state index >= 15 is 0 Å². The molecule has 94 valence electrons. The molecule has 0 radical (unpaired) electrons. The van der Waals surface area contributed by atoms with Gasteiger partial charge in [-0.1, -0.05) is 13.3 Å². The Balaban J connectivity index is 2.06. The molecule has 0 heterocycles. The smallest absolute Gasteiger partial charge is 0.226 e. The molecule has 1 amide bonds. The highest BCUT2D eigenvalue weighted by atomic mass is 16.5. The first kappa shape index (κ1) is 13.5. The molecule has 0 spiro atoms. The van der Waals surface area contributed by atoms with E-state index in [9.17, 15) is 4.79 Å². The molecule has 4 heteroatoms. The minimum absolute atomic E-state index is 0.0352. The first-order valence-electron chi connectivity index (χ1n) is 6.23. The van der Waals surface area contributed by atoms with Crippen LogP contribution in [0.15, 0.2) is 0 Å². The molecule has 0 atom stereocenters. The Labute approximate surface area is 98.1 Å². The van der Waals surface area contributed by atoms with Gasteiger partial charge in [0.25, 0.3) is 0 Å². The second-order valence-corrected chi connectivity index (χ2v) is 4.49. The van der Waals surface area contributed by atoms with E-state index in [1.54, 1.807) is 7.11 Å².